The maximum Gasteiger partial charge on any atom is 0.237 e. The number of fused-ring (bicyclic) bond motifs is 3. The van der Waals surface area contributed by atoms with Crippen LogP contribution in [-0.4, -0.2) is 24.5 Å². The predicted octanol–water partition coefficient (Wildman–Crippen LogP) is 1.58. The van der Waals surface area contributed by atoms with E-state index in [4.69, 9.17) is 0 Å². The van der Waals surface area contributed by atoms with Crippen molar-refractivity contribution >= 4 is 5.91 Å². The van der Waals surface area contributed by atoms with Crippen LogP contribution in [0, 0.1) is 5.92 Å². The molecule has 4 atom stereocenters. The quantitative estimate of drug-likeness (QED) is 0.843. The molecule has 3 nitrogen and oxygen atoms in total. The van der Waals surface area contributed by atoms with Crippen molar-refractivity contribution in [2.24, 2.45) is 5.92 Å². The molecule has 1 aliphatic heterocycles. The van der Waals surface area contributed by atoms with Crippen LogP contribution < -0.4 is 10.6 Å². The highest BCUT2D eigenvalue weighted by Gasteiger charge is 2.54. The molecule has 0 unspecified atom stereocenters. The molecule has 0 spiro atoms. The number of benzene rings is 1. The van der Waals surface area contributed by atoms with E-state index >= 15 is 0 Å². The van der Waals surface area contributed by atoms with E-state index < -0.39 is 0 Å². The molecule has 1 saturated carbocycles. The van der Waals surface area contributed by atoms with E-state index in [1.54, 1.807) is 0 Å². The van der Waals surface area contributed by atoms with Crippen LogP contribution in [0.4, 0.5) is 0 Å². The lowest BCUT2D eigenvalue weighted by Crippen LogP contribution is -2.42. The average molecular weight is 256 g/mol. The molecule has 0 radical (unpaired) electrons. The SMILES string of the molecule is O=C(N[C@@H]1[C@@H]2CCc3ccccc3[C@@H]21)[C@@H]1CCCN1. The van der Waals surface area contributed by atoms with Gasteiger partial charge in [0.1, 0.15) is 0 Å². The Kier molecular flexibility index (Phi) is 2.62. The molecule has 1 aromatic carbocycles. The van der Waals surface area contributed by atoms with Crippen LogP contribution in [0.3, 0.4) is 0 Å². The van der Waals surface area contributed by atoms with Crippen LogP contribution in [0.5, 0.6) is 0 Å². The fourth-order valence-electron chi connectivity index (χ4n) is 3.94. The number of carbonyl (C=O) groups is 1. The van der Waals surface area contributed by atoms with Crippen LogP contribution in [0.15, 0.2) is 24.3 Å². The lowest BCUT2D eigenvalue weighted by atomic mass is 9.92. The summed E-state index contributed by atoms with van der Waals surface area (Å²) in [7, 11) is 0. The monoisotopic (exact) mass is 256 g/mol. The topological polar surface area (TPSA) is 41.1 Å². The molecule has 1 amide bonds. The van der Waals surface area contributed by atoms with Gasteiger partial charge in [-0.25, -0.2) is 0 Å². The van der Waals surface area contributed by atoms with E-state index in [-0.39, 0.29) is 11.9 Å². The van der Waals surface area contributed by atoms with Gasteiger partial charge in [-0.1, -0.05) is 24.3 Å². The first kappa shape index (κ1) is 11.5. The first-order valence-corrected chi connectivity index (χ1v) is 7.46. The molecule has 1 saturated heterocycles. The second-order valence-electron chi connectivity index (χ2n) is 6.11. The Balaban J connectivity index is 1.47. The normalized spacial score (nSPS) is 35.4. The summed E-state index contributed by atoms with van der Waals surface area (Å²) >= 11 is 0. The molecule has 1 aromatic rings. The number of carbonyl (C=O) groups excluding carboxylic acids is 1. The van der Waals surface area contributed by atoms with Gasteiger partial charge in [0.25, 0.3) is 0 Å². The zero-order valence-corrected chi connectivity index (χ0v) is 11.1. The van der Waals surface area contributed by atoms with Crippen molar-refractivity contribution in [3.05, 3.63) is 35.4 Å². The number of hydrogen-bond donors (Lipinski definition) is 2. The third-order valence-corrected chi connectivity index (χ3v) is 5.02. The van der Waals surface area contributed by atoms with Gasteiger partial charge in [-0.2, -0.15) is 0 Å². The minimum atomic E-state index is 0.0536. The third-order valence-electron chi connectivity index (χ3n) is 5.02. The fourth-order valence-corrected chi connectivity index (χ4v) is 3.94. The molecular formula is C16H20N2O. The van der Waals surface area contributed by atoms with Crippen LogP contribution in [0.2, 0.25) is 0 Å². The molecule has 3 aliphatic rings. The van der Waals surface area contributed by atoms with Gasteiger partial charge in [-0.15, -0.1) is 0 Å². The van der Waals surface area contributed by atoms with E-state index in [1.807, 2.05) is 0 Å². The van der Waals surface area contributed by atoms with E-state index in [0.29, 0.717) is 17.9 Å². The zero-order valence-electron chi connectivity index (χ0n) is 11.1. The van der Waals surface area contributed by atoms with Crippen LogP contribution in [0.25, 0.3) is 0 Å². The van der Waals surface area contributed by atoms with Crippen molar-refractivity contribution in [3.8, 4) is 0 Å². The highest BCUT2D eigenvalue weighted by atomic mass is 16.2. The molecule has 0 bridgehead atoms. The maximum absolute atomic E-state index is 12.2. The van der Waals surface area contributed by atoms with Gasteiger partial charge in [-0.05, 0) is 49.3 Å². The molecule has 2 N–H and O–H groups in total. The van der Waals surface area contributed by atoms with Gasteiger partial charge in [0, 0.05) is 12.0 Å². The summed E-state index contributed by atoms with van der Waals surface area (Å²) in [5.74, 6) is 1.48. The average Bonchev–Trinajstić information content (AvgIpc) is 2.89. The van der Waals surface area contributed by atoms with Gasteiger partial charge in [-0.3, -0.25) is 4.79 Å². The molecule has 19 heavy (non-hydrogen) atoms. The van der Waals surface area contributed by atoms with Gasteiger partial charge >= 0.3 is 0 Å². The highest BCUT2D eigenvalue weighted by molar-refractivity contribution is 5.83. The van der Waals surface area contributed by atoms with Crippen LogP contribution >= 0.6 is 0 Å². The molecule has 2 fully saturated rings. The maximum atomic E-state index is 12.2. The lowest BCUT2D eigenvalue weighted by molar-refractivity contribution is -0.123. The Bertz CT molecular complexity index is 507. The van der Waals surface area contributed by atoms with Crippen LogP contribution in [0.1, 0.15) is 36.3 Å². The number of amides is 1. The van der Waals surface area contributed by atoms with Crippen molar-refractivity contribution < 1.29 is 4.79 Å². The molecular weight excluding hydrogens is 236 g/mol. The number of rotatable bonds is 2. The summed E-state index contributed by atoms with van der Waals surface area (Å²) in [6, 6.07) is 9.17. The summed E-state index contributed by atoms with van der Waals surface area (Å²) in [5, 5.41) is 6.56. The molecule has 4 rings (SSSR count). The van der Waals surface area contributed by atoms with E-state index in [1.165, 1.54) is 24.0 Å². The highest BCUT2D eigenvalue weighted by Crippen LogP contribution is 2.54. The smallest absolute Gasteiger partial charge is 0.237 e. The number of aryl methyl sites for hydroxylation is 1. The van der Waals surface area contributed by atoms with E-state index in [0.717, 1.165) is 19.4 Å². The standard InChI is InChI=1S/C16H20N2O/c19-16(13-6-3-9-17-13)18-15-12-8-7-10-4-1-2-5-11(10)14(12)15/h1-2,4-5,12-15,17H,3,6-9H2,(H,18,19)/t12-,13+,14+,15-/m1/s1. The Morgan fingerprint density at radius 1 is 1.26 bits per heavy atom. The summed E-state index contributed by atoms with van der Waals surface area (Å²) in [5.41, 5.74) is 2.96. The van der Waals surface area contributed by atoms with Crippen molar-refractivity contribution in [2.75, 3.05) is 6.54 Å². The third kappa shape index (κ3) is 1.88. The van der Waals surface area contributed by atoms with Gasteiger partial charge in [0.2, 0.25) is 5.91 Å². The zero-order chi connectivity index (χ0) is 12.8. The van der Waals surface area contributed by atoms with E-state index in [9.17, 15) is 4.79 Å². The van der Waals surface area contributed by atoms with E-state index in [2.05, 4.69) is 34.9 Å². The van der Waals surface area contributed by atoms with Crippen LogP contribution in [-0.2, 0) is 11.2 Å². The predicted molar refractivity (Wildman–Crippen MR) is 73.9 cm³/mol. The van der Waals surface area contributed by atoms with Gasteiger partial charge < -0.3 is 10.6 Å². The first-order chi connectivity index (χ1) is 9.34. The summed E-state index contributed by atoms with van der Waals surface area (Å²) in [6.07, 6.45) is 4.51. The second-order valence-corrected chi connectivity index (χ2v) is 6.11. The van der Waals surface area contributed by atoms with Crippen molar-refractivity contribution in [3.63, 3.8) is 0 Å². The molecule has 2 aliphatic carbocycles. The Morgan fingerprint density at radius 2 is 2.16 bits per heavy atom. The van der Waals surface area contributed by atoms with Crippen molar-refractivity contribution in [2.45, 2.75) is 43.7 Å². The Morgan fingerprint density at radius 3 is 3.00 bits per heavy atom. The summed E-state index contributed by atoms with van der Waals surface area (Å²) in [6.45, 7) is 0.985. The number of hydrogen-bond acceptors (Lipinski definition) is 2. The minimum absolute atomic E-state index is 0.0536. The number of nitrogens with one attached hydrogen (secondary N) is 2. The fraction of sp³-hybridized carbons (Fsp3) is 0.562. The first-order valence-electron chi connectivity index (χ1n) is 7.46. The molecule has 0 aromatic heterocycles. The lowest BCUT2D eigenvalue weighted by Gasteiger charge is -2.13. The largest absolute Gasteiger partial charge is 0.351 e. The Hall–Kier alpha value is -1.35. The molecule has 3 heteroatoms. The summed E-state index contributed by atoms with van der Waals surface area (Å²) < 4.78 is 0. The minimum Gasteiger partial charge on any atom is -0.351 e. The molecule has 100 valence electrons. The molecule has 1 heterocycles. The van der Waals surface area contributed by atoms with Gasteiger partial charge in [0.05, 0.1) is 6.04 Å². The summed E-state index contributed by atoms with van der Waals surface area (Å²) in [4.78, 5) is 12.2. The Labute approximate surface area is 113 Å². The van der Waals surface area contributed by atoms with Crippen molar-refractivity contribution in [1.82, 2.24) is 10.6 Å². The second kappa shape index (κ2) is 4.34. The van der Waals surface area contributed by atoms with Gasteiger partial charge in [0.15, 0.2) is 0 Å². The van der Waals surface area contributed by atoms with Crippen molar-refractivity contribution in [1.29, 1.82) is 0 Å².